The Kier molecular flexibility index (Phi) is 7.03. The number of aromatic nitrogens is 1. The number of methoxy groups -OCH3 is 2. The Morgan fingerprint density at radius 1 is 1.10 bits per heavy atom. The van der Waals surface area contributed by atoms with E-state index < -0.39 is 0 Å². The van der Waals surface area contributed by atoms with Gasteiger partial charge in [0.25, 0.3) is 0 Å². The van der Waals surface area contributed by atoms with E-state index in [0.29, 0.717) is 6.42 Å². The van der Waals surface area contributed by atoms with Crippen LogP contribution >= 0.6 is 0 Å². The highest BCUT2D eigenvalue weighted by atomic mass is 16.5. The summed E-state index contributed by atoms with van der Waals surface area (Å²) in [6, 6.07) is 12.3. The van der Waals surface area contributed by atoms with Crippen molar-refractivity contribution >= 4 is 16.8 Å². The minimum absolute atomic E-state index is 0.0354. The fourth-order valence-electron chi connectivity index (χ4n) is 3.94. The molecular formula is C25H32N2O3. The summed E-state index contributed by atoms with van der Waals surface area (Å²) in [5.74, 6) is 1.34. The number of aromatic amines is 1. The SMILES string of the molecule is CCc1cccc2c(C(CC(=O)NC(C)CC)c3ccc(OC)cc3OC)c[nH]c12. The summed E-state index contributed by atoms with van der Waals surface area (Å²) in [6.07, 6.45) is 4.22. The van der Waals surface area contributed by atoms with E-state index in [1.54, 1.807) is 14.2 Å². The summed E-state index contributed by atoms with van der Waals surface area (Å²) in [6.45, 7) is 6.25. The van der Waals surface area contributed by atoms with Gasteiger partial charge in [-0.05, 0) is 37.0 Å². The highest BCUT2D eigenvalue weighted by Gasteiger charge is 2.25. The lowest BCUT2D eigenvalue weighted by molar-refractivity contribution is -0.121. The van der Waals surface area contributed by atoms with Crippen molar-refractivity contribution in [1.82, 2.24) is 10.3 Å². The van der Waals surface area contributed by atoms with Crippen LogP contribution in [0.4, 0.5) is 0 Å². The molecule has 2 unspecified atom stereocenters. The minimum Gasteiger partial charge on any atom is -0.497 e. The zero-order chi connectivity index (χ0) is 21.7. The normalized spacial score (nSPS) is 13.1. The van der Waals surface area contributed by atoms with Crippen LogP contribution in [-0.2, 0) is 11.2 Å². The molecule has 3 rings (SSSR count). The third-order valence-electron chi connectivity index (χ3n) is 5.82. The van der Waals surface area contributed by atoms with Gasteiger partial charge >= 0.3 is 0 Å². The van der Waals surface area contributed by atoms with Crippen molar-refractivity contribution in [2.45, 2.75) is 52.0 Å². The average Bonchev–Trinajstić information content (AvgIpc) is 3.21. The van der Waals surface area contributed by atoms with Gasteiger partial charge in [-0.15, -0.1) is 0 Å². The van der Waals surface area contributed by atoms with Crippen molar-refractivity contribution in [3.8, 4) is 11.5 Å². The molecule has 0 fully saturated rings. The molecule has 2 atom stereocenters. The Bertz CT molecular complexity index is 1010. The fourth-order valence-corrected chi connectivity index (χ4v) is 3.94. The Balaban J connectivity index is 2.10. The van der Waals surface area contributed by atoms with Crippen LogP contribution in [0.25, 0.3) is 10.9 Å². The fraction of sp³-hybridized carbons (Fsp3) is 0.400. The molecule has 3 aromatic rings. The monoisotopic (exact) mass is 408 g/mol. The molecule has 0 aliphatic carbocycles. The van der Waals surface area contributed by atoms with Gasteiger partial charge in [-0.2, -0.15) is 0 Å². The van der Waals surface area contributed by atoms with Crippen LogP contribution in [0.3, 0.4) is 0 Å². The number of benzene rings is 2. The maximum atomic E-state index is 12.9. The predicted molar refractivity (Wildman–Crippen MR) is 122 cm³/mol. The zero-order valence-corrected chi connectivity index (χ0v) is 18.5. The van der Waals surface area contributed by atoms with Crippen molar-refractivity contribution in [2.75, 3.05) is 14.2 Å². The number of fused-ring (bicyclic) bond motifs is 1. The molecule has 0 saturated carbocycles. The van der Waals surface area contributed by atoms with Gasteiger partial charge in [-0.25, -0.2) is 0 Å². The van der Waals surface area contributed by atoms with Crippen molar-refractivity contribution in [3.05, 3.63) is 59.3 Å². The highest BCUT2D eigenvalue weighted by Crippen LogP contribution is 2.40. The van der Waals surface area contributed by atoms with E-state index in [-0.39, 0.29) is 17.9 Å². The second kappa shape index (κ2) is 9.70. The molecule has 1 heterocycles. The maximum Gasteiger partial charge on any atom is 0.221 e. The van der Waals surface area contributed by atoms with E-state index in [9.17, 15) is 4.79 Å². The number of aryl methyl sites for hydroxylation is 1. The lowest BCUT2D eigenvalue weighted by Crippen LogP contribution is -2.33. The number of carbonyl (C=O) groups excluding carboxylic acids is 1. The first-order valence-corrected chi connectivity index (χ1v) is 10.6. The van der Waals surface area contributed by atoms with Crippen LogP contribution in [0.5, 0.6) is 11.5 Å². The molecule has 160 valence electrons. The molecular weight excluding hydrogens is 376 g/mol. The molecule has 0 bridgehead atoms. The van der Waals surface area contributed by atoms with Crippen molar-refractivity contribution in [1.29, 1.82) is 0 Å². The summed E-state index contributed by atoms with van der Waals surface area (Å²) in [4.78, 5) is 16.3. The van der Waals surface area contributed by atoms with E-state index in [2.05, 4.69) is 42.3 Å². The van der Waals surface area contributed by atoms with Gasteiger partial charge in [0.05, 0.1) is 14.2 Å². The Hall–Kier alpha value is -2.95. The number of ether oxygens (including phenoxy) is 2. The molecule has 0 aliphatic rings. The Morgan fingerprint density at radius 3 is 2.57 bits per heavy atom. The van der Waals surface area contributed by atoms with E-state index >= 15 is 0 Å². The number of amides is 1. The van der Waals surface area contributed by atoms with Gasteiger partial charge in [0.15, 0.2) is 0 Å². The number of nitrogens with one attached hydrogen (secondary N) is 2. The van der Waals surface area contributed by atoms with Crippen LogP contribution in [0.15, 0.2) is 42.6 Å². The molecule has 0 saturated heterocycles. The second-order valence-corrected chi connectivity index (χ2v) is 7.68. The molecule has 0 aliphatic heterocycles. The van der Waals surface area contributed by atoms with Crippen LogP contribution in [0.1, 0.15) is 56.2 Å². The third kappa shape index (κ3) is 4.45. The number of carbonyl (C=O) groups is 1. The molecule has 2 N–H and O–H groups in total. The summed E-state index contributed by atoms with van der Waals surface area (Å²) >= 11 is 0. The van der Waals surface area contributed by atoms with Gasteiger partial charge in [-0.1, -0.05) is 38.1 Å². The van der Waals surface area contributed by atoms with Gasteiger partial charge in [0, 0.05) is 47.1 Å². The number of hydrogen-bond acceptors (Lipinski definition) is 3. The number of H-pyrrole nitrogens is 1. The van der Waals surface area contributed by atoms with Crippen molar-refractivity contribution in [3.63, 3.8) is 0 Å². The molecule has 1 aromatic heterocycles. The molecule has 0 radical (unpaired) electrons. The molecule has 5 nitrogen and oxygen atoms in total. The average molecular weight is 409 g/mol. The maximum absolute atomic E-state index is 12.9. The quantitative estimate of drug-likeness (QED) is 0.512. The summed E-state index contributed by atoms with van der Waals surface area (Å²) in [5, 5.41) is 4.25. The molecule has 0 spiro atoms. The van der Waals surface area contributed by atoms with Gasteiger partial charge < -0.3 is 19.8 Å². The number of rotatable bonds is 9. The summed E-state index contributed by atoms with van der Waals surface area (Å²) in [5.41, 5.74) is 4.47. The molecule has 1 amide bonds. The largest absolute Gasteiger partial charge is 0.497 e. The van der Waals surface area contributed by atoms with Gasteiger partial charge in [-0.3, -0.25) is 4.79 Å². The lowest BCUT2D eigenvalue weighted by atomic mass is 9.86. The molecule has 5 heteroatoms. The highest BCUT2D eigenvalue weighted by molar-refractivity contribution is 5.88. The van der Waals surface area contributed by atoms with Gasteiger partial charge in [0.1, 0.15) is 11.5 Å². The predicted octanol–water partition coefficient (Wildman–Crippen LogP) is 5.18. The second-order valence-electron chi connectivity index (χ2n) is 7.68. The van der Waals surface area contributed by atoms with Crippen LogP contribution in [0.2, 0.25) is 0 Å². The lowest BCUT2D eigenvalue weighted by Gasteiger charge is -2.21. The first kappa shape index (κ1) is 21.8. The zero-order valence-electron chi connectivity index (χ0n) is 18.5. The van der Waals surface area contributed by atoms with E-state index in [0.717, 1.165) is 46.4 Å². The molecule has 30 heavy (non-hydrogen) atoms. The first-order chi connectivity index (χ1) is 14.5. The topological polar surface area (TPSA) is 63.4 Å². The minimum atomic E-state index is -0.143. The first-order valence-electron chi connectivity index (χ1n) is 10.6. The molecule has 2 aromatic carbocycles. The van der Waals surface area contributed by atoms with E-state index in [1.165, 1.54) is 5.56 Å². The standard InChI is InChI=1S/C25H32N2O3/c1-6-16(3)27-24(28)14-21(19-12-11-18(29-4)13-23(19)30-5)22-15-26-25-17(7-2)9-8-10-20(22)25/h8-13,15-16,21,26H,6-7,14H2,1-5H3,(H,27,28). The third-order valence-corrected chi connectivity index (χ3v) is 5.82. The van der Waals surface area contributed by atoms with Crippen LogP contribution in [-0.4, -0.2) is 31.2 Å². The van der Waals surface area contributed by atoms with Crippen LogP contribution < -0.4 is 14.8 Å². The van der Waals surface area contributed by atoms with Crippen molar-refractivity contribution in [2.24, 2.45) is 0 Å². The Morgan fingerprint density at radius 2 is 1.90 bits per heavy atom. The van der Waals surface area contributed by atoms with Gasteiger partial charge in [0.2, 0.25) is 5.91 Å². The van der Waals surface area contributed by atoms with E-state index in [1.807, 2.05) is 31.3 Å². The summed E-state index contributed by atoms with van der Waals surface area (Å²) < 4.78 is 11.1. The van der Waals surface area contributed by atoms with Crippen molar-refractivity contribution < 1.29 is 14.3 Å². The van der Waals surface area contributed by atoms with E-state index in [4.69, 9.17) is 9.47 Å². The number of para-hydroxylation sites is 1. The smallest absolute Gasteiger partial charge is 0.221 e. The van der Waals surface area contributed by atoms with Crippen LogP contribution in [0, 0.1) is 0 Å². The Labute approximate surface area is 178 Å². The number of hydrogen-bond donors (Lipinski definition) is 2. The summed E-state index contributed by atoms with van der Waals surface area (Å²) in [7, 11) is 3.29.